The van der Waals surface area contributed by atoms with Crippen LogP contribution in [0.1, 0.15) is 5.56 Å². The fourth-order valence-corrected chi connectivity index (χ4v) is 2.83. The van der Waals surface area contributed by atoms with Gasteiger partial charge in [-0.3, -0.25) is 9.59 Å². The summed E-state index contributed by atoms with van der Waals surface area (Å²) in [7, 11) is 0. The fraction of sp³-hybridized carbons (Fsp3) is 0.176. The van der Waals surface area contributed by atoms with Gasteiger partial charge < -0.3 is 19.7 Å². The highest BCUT2D eigenvalue weighted by Crippen LogP contribution is 2.34. The molecule has 0 atom stereocenters. The molecule has 0 radical (unpaired) electrons. The van der Waals surface area contributed by atoms with Gasteiger partial charge in [-0.05, 0) is 30.2 Å². The molecule has 0 fully saturated rings. The summed E-state index contributed by atoms with van der Waals surface area (Å²) in [5.74, 6) is -0.0438. The second-order valence-electron chi connectivity index (χ2n) is 5.36. The van der Waals surface area contributed by atoms with Crippen molar-refractivity contribution in [1.82, 2.24) is 0 Å². The predicted octanol–water partition coefficient (Wildman–Crippen LogP) is 1.94. The first-order valence-corrected chi connectivity index (χ1v) is 7.33. The standard InChI is InChI=1S/C17H14N2O4/c20-16(18-12-5-6-14-15(9-12)23-10-22-14)17(21)19-8-7-11-3-1-2-4-13(11)19/h1-6,9H,7-8,10H2,(H,18,20). The van der Waals surface area contributed by atoms with Crippen molar-refractivity contribution < 1.29 is 19.1 Å². The number of para-hydroxylation sites is 1. The number of benzene rings is 2. The van der Waals surface area contributed by atoms with Crippen LogP contribution < -0.4 is 19.7 Å². The van der Waals surface area contributed by atoms with Gasteiger partial charge in [0.1, 0.15) is 0 Å². The number of anilines is 2. The molecule has 6 heteroatoms. The number of carbonyl (C=O) groups is 2. The third-order valence-corrected chi connectivity index (χ3v) is 3.96. The van der Waals surface area contributed by atoms with E-state index in [9.17, 15) is 9.59 Å². The molecular weight excluding hydrogens is 296 g/mol. The van der Waals surface area contributed by atoms with Crippen molar-refractivity contribution in [2.45, 2.75) is 6.42 Å². The molecule has 0 unspecified atom stereocenters. The molecule has 0 aliphatic carbocycles. The van der Waals surface area contributed by atoms with Crippen LogP contribution in [0.25, 0.3) is 0 Å². The Morgan fingerprint density at radius 3 is 2.78 bits per heavy atom. The zero-order valence-corrected chi connectivity index (χ0v) is 12.2. The number of amides is 2. The molecule has 2 aromatic rings. The first-order valence-electron chi connectivity index (χ1n) is 7.33. The van der Waals surface area contributed by atoms with Crippen molar-refractivity contribution in [3.05, 3.63) is 48.0 Å². The largest absolute Gasteiger partial charge is 0.454 e. The van der Waals surface area contributed by atoms with Crippen LogP contribution in [0, 0.1) is 0 Å². The van der Waals surface area contributed by atoms with Gasteiger partial charge in [0.05, 0.1) is 0 Å². The molecular formula is C17H14N2O4. The number of nitrogens with one attached hydrogen (secondary N) is 1. The van der Waals surface area contributed by atoms with E-state index in [4.69, 9.17) is 9.47 Å². The lowest BCUT2D eigenvalue weighted by Crippen LogP contribution is -2.38. The van der Waals surface area contributed by atoms with Gasteiger partial charge in [0.15, 0.2) is 11.5 Å². The van der Waals surface area contributed by atoms with E-state index < -0.39 is 11.8 Å². The van der Waals surface area contributed by atoms with Crippen molar-refractivity contribution in [3.63, 3.8) is 0 Å². The average Bonchev–Trinajstić information content (AvgIpc) is 3.20. The van der Waals surface area contributed by atoms with E-state index in [-0.39, 0.29) is 6.79 Å². The van der Waals surface area contributed by atoms with Crippen LogP contribution in [0.3, 0.4) is 0 Å². The highest BCUT2D eigenvalue weighted by molar-refractivity contribution is 6.44. The molecule has 2 heterocycles. The van der Waals surface area contributed by atoms with E-state index in [1.165, 1.54) is 4.90 Å². The van der Waals surface area contributed by atoms with Gasteiger partial charge in [-0.25, -0.2) is 0 Å². The lowest BCUT2D eigenvalue weighted by Gasteiger charge is -2.16. The van der Waals surface area contributed by atoms with Crippen LogP contribution in [0.15, 0.2) is 42.5 Å². The molecule has 2 aromatic carbocycles. The SMILES string of the molecule is O=C(Nc1ccc2c(c1)OCO2)C(=O)N1CCc2ccccc21. The van der Waals surface area contributed by atoms with Crippen molar-refractivity contribution in [3.8, 4) is 11.5 Å². The maximum Gasteiger partial charge on any atom is 0.316 e. The van der Waals surface area contributed by atoms with Crippen molar-refractivity contribution in [1.29, 1.82) is 0 Å². The van der Waals surface area contributed by atoms with Crippen molar-refractivity contribution >= 4 is 23.2 Å². The third-order valence-electron chi connectivity index (χ3n) is 3.96. The lowest BCUT2D eigenvalue weighted by atomic mass is 10.2. The average molecular weight is 310 g/mol. The monoisotopic (exact) mass is 310 g/mol. The van der Waals surface area contributed by atoms with E-state index >= 15 is 0 Å². The molecule has 23 heavy (non-hydrogen) atoms. The lowest BCUT2D eigenvalue weighted by molar-refractivity contribution is -0.134. The molecule has 2 amide bonds. The number of hydrogen-bond donors (Lipinski definition) is 1. The summed E-state index contributed by atoms with van der Waals surface area (Å²) in [5.41, 5.74) is 2.38. The maximum atomic E-state index is 12.4. The maximum absolute atomic E-state index is 12.4. The number of hydrogen-bond acceptors (Lipinski definition) is 4. The van der Waals surface area contributed by atoms with Crippen LogP contribution in [-0.4, -0.2) is 25.2 Å². The van der Waals surface area contributed by atoms with Crippen LogP contribution in [-0.2, 0) is 16.0 Å². The molecule has 1 N–H and O–H groups in total. The van der Waals surface area contributed by atoms with Crippen LogP contribution >= 0.6 is 0 Å². The number of rotatable bonds is 1. The molecule has 0 spiro atoms. The Morgan fingerprint density at radius 2 is 1.87 bits per heavy atom. The second kappa shape index (κ2) is 5.31. The van der Waals surface area contributed by atoms with E-state index in [0.29, 0.717) is 23.7 Å². The minimum atomic E-state index is -0.666. The number of fused-ring (bicyclic) bond motifs is 2. The first-order chi connectivity index (χ1) is 11.2. The molecule has 116 valence electrons. The molecule has 2 aliphatic heterocycles. The summed E-state index contributed by atoms with van der Waals surface area (Å²) in [6.07, 6.45) is 0.763. The molecule has 0 saturated heterocycles. The molecule has 0 saturated carbocycles. The quantitative estimate of drug-likeness (QED) is 0.817. The molecule has 2 aliphatic rings. The highest BCUT2D eigenvalue weighted by Gasteiger charge is 2.29. The van der Waals surface area contributed by atoms with Crippen molar-refractivity contribution in [2.24, 2.45) is 0 Å². The van der Waals surface area contributed by atoms with Gasteiger partial charge in [0.2, 0.25) is 6.79 Å². The smallest absolute Gasteiger partial charge is 0.316 e. The summed E-state index contributed by atoms with van der Waals surface area (Å²) in [5, 5.41) is 2.61. The van der Waals surface area contributed by atoms with E-state index in [1.54, 1.807) is 18.2 Å². The van der Waals surface area contributed by atoms with Gasteiger partial charge in [-0.2, -0.15) is 0 Å². The van der Waals surface area contributed by atoms with Gasteiger partial charge >= 0.3 is 11.8 Å². The Balaban J connectivity index is 1.50. The number of carbonyl (C=O) groups excluding carboxylic acids is 2. The Labute approximate surface area is 132 Å². The van der Waals surface area contributed by atoms with E-state index in [2.05, 4.69) is 5.32 Å². The van der Waals surface area contributed by atoms with Crippen molar-refractivity contribution in [2.75, 3.05) is 23.6 Å². The predicted molar refractivity (Wildman–Crippen MR) is 83.7 cm³/mol. The summed E-state index contributed by atoms with van der Waals surface area (Å²) in [4.78, 5) is 26.2. The second-order valence-corrected chi connectivity index (χ2v) is 5.36. The van der Waals surface area contributed by atoms with Gasteiger partial charge in [-0.15, -0.1) is 0 Å². The first kappa shape index (κ1) is 13.6. The Bertz CT molecular complexity index is 803. The minimum Gasteiger partial charge on any atom is -0.454 e. The summed E-state index contributed by atoms with van der Waals surface area (Å²) >= 11 is 0. The number of ether oxygens (including phenoxy) is 2. The summed E-state index contributed by atoms with van der Waals surface area (Å²) in [6.45, 7) is 0.683. The van der Waals surface area contributed by atoms with Crippen LogP contribution in [0.5, 0.6) is 11.5 Å². The molecule has 4 rings (SSSR count). The Hall–Kier alpha value is -3.02. The Morgan fingerprint density at radius 1 is 1.04 bits per heavy atom. The van der Waals surface area contributed by atoms with E-state index in [0.717, 1.165) is 17.7 Å². The zero-order valence-electron chi connectivity index (χ0n) is 12.2. The van der Waals surface area contributed by atoms with Gasteiger partial charge in [0.25, 0.3) is 0 Å². The van der Waals surface area contributed by atoms with Crippen LogP contribution in [0.4, 0.5) is 11.4 Å². The van der Waals surface area contributed by atoms with Gasteiger partial charge in [0, 0.05) is 24.0 Å². The fourth-order valence-electron chi connectivity index (χ4n) is 2.83. The highest BCUT2D eigenvalue weighted by atomic mass is 16.7. The minimum absolute atomic E-state index is 0.163. The normalized spacial score (nSPS) is 14.5. The summed E-state index contributed by atoms with van der Waals surface area (Å²) < 4.78 is 10.5. The Kier molecular flexibility index (Phi) is 3.15. The summed E-state index contributed by atoms with van der Waals surface area (Å²) in [6, 6.07) is 12.6. The zero-order chi connectivity index (χ0) is 15.8. The van der Waals surface area contributed by atoms with Crippen LogP contribution in [0.2, 0.25) is 0 Å². The van der Waals surface area contributed by atoms with E-state index in [1.807, 2.05) is 24.3 Å². The number of nitrogens with zero attached hydrogens (tertiary/aromatic N) is 1. The topological polar surface area (TPSA) is 67.9 Å². The molecule has 0 aromatic heterocycles. The molecule has 6 nitrogen and oxygen atoms in total. The third kappa shape index (κ3) is 2.38. The van der Waals surface area contributed by atoms with Gasteiger partial charge in [-0.1, -0.05) is 18.2 Å². The molecule has 0 bridgehead atoms.